The number of nitrogens with zero attached hydrogens (tertiary/aromatic N) is 1. The minimum absolute atomic E-state index is 0.294. The number of benzene rings is 1. The van der Waals surface area contributed by atoms with Crippen molar-refractivity contribution in [2.24, 2.45) is 16.6 Å². The Morgan fingerprint density at radius 2 is 2.20 bits per heavy atom. The lowest BCUT2D eigenvalue weighted by Crippen LogP contribution is -2.36. The Bertz CT molecular complexity index is 479. The molecule has 2 rings (SSSR count). The van der Waals surface area contributed by atoms with Crippen LogP contribution in [0.1, 0.15) is 37.8 Å². The van der Waals surface area contributed by atoms with Gasteiger partial charge >= 0.3 is 0 Å². The molecule has 1 aromatic carbocycles. The van der Waals surface area contributed by atoms with Crippen molar-refractivity contribution in [3.63, 3.8) is 0 Å². The predicted octanol–water partition coefficient (Wildman–Crippen LogP) is 2.60. The van der Waals surface area contributed by atoms with E-state index in [4.69, 9.17) is 10.5 Å². The van der Waals surface area contributed by atoms with Gasteiger partial charge < -0.3 is 15.8 Å². The molecule has 0 atom stereocenters. The molecular formula is C16H25N3O. The van der Waals surface area contributed by atoms with Crippen molar-refractivity contribution in [2.75, 3.05) is 6.61 Å². The highest BCUT2D eigenvalue weighted by molar-refractivity contribution is 5.78. The van der Waals surface area contributed by atoms with Crippen molar-refractivity contribution < 1.29 is 4.74 Å². The first-order valence-electron chi connectivity index (χ1n) is 7.33. The molecule has 1 aromatic rings. The van der Waals surface area contributed by atoms with Crippen LogP contribution in [-0.2, 0) is 6.54 Å². The van der Waals surface area contributed by atoms with Gasteiger partial charge in [-0.3, -0.25) is 0 Å². The molecule has 0 saturated heterocycles. The molecule has 1 fully saturated rings. The minimum Gasteiger partial charge on any atom is -0.493 e. The van der Waals surface area contributed by atoms with Gasteiger partial charge in [0.25, 0.3) is 0 Å². The van der Waals surface area contributed by atoms with E-state index >= 15 is 0 Å². The number of guanidine groups is 1. The molecule has 1 aliphatic carbocycles. The Hall–Kier alpha value is -1.71. The molecule has 3 N–H and O–H groups in total. The third-order valence-electron chi connectivity index (χ3n) is 3.25. The predicted molar refractivity (Wildman–Crippen MR) is 83.0 cm³/mol. The first-order valence-corrected chi connectivity index (χ1v) is 7.33. The van der Waals surface area contributed by atoms with Gasteiger partial charge in [0.1, 0.15) is 5.75 Å². The molecule has 1 saturated carbocycles. The van der Waals surface area contributed by atoms with Crippen LogP contribution >= 0.6 is 0 Å². The van der Waals surface area contributed by atoms with Gasteiger partial charge in [-0.15, -0.1) is 0 Å². The van der Waals surface area contributed by atoms with Gasteiger partial charge in [0.2, 0.25) is 0 Å². The molecule has 4 nitrogen and oxygen atoms in total. The lowest BCUT2D eigenvalue weighted by atomic mass is 10.1. The van der Waals surface area contributed by atoms with E-state index in [2.05, 4.69) is 35.4 Å². The Kier molecular flexibility index (Phi) is 4.88. The van der Waals surface area contributed by atoms with Gasteiger partial charge in [0, 0.05) is 11.6 Å². The smallest absolute Gasteiger partial charge is 0.189 e. The Balaban J connectivity index is 2.01. The van der Waals surface area contributed by atoms with Crippen LogP contribution in [0.2, 0.25) is 0 Å². The number of nitrogens with one attached hydrogen (secondary N) is 1. The molecule has 0 aromatic heterocycles. The van der Waals surface area contributed by atoms with Crippen LogP contribution < -0.4 is 15.8 Å². The van der Waals surface area contributed by atoms with Crippen molar-refractivity contribution >= 4 is 5.96 Å². The van der Waals surface area contributed by atoms with Crippen LogP contribution in [0.25, 0.3) is 0 Å². The summed E-state index contributed by atoms with van der Waals surface area (Å²) < 4.78 is 5.92. The quantitative estimate of drug-likeness (QED) is 0.619. The van der Waals surface area contributed by atoms with Gasteiger partial charge in [-0.25, -0.2) is 4.99 Å². The number of aryl methyl sites for hydroxylation is 1. The van der Waals surface area contributed by atoms with E-state index in [1.165, 1.54) is 18.4 Å². The molecule has 0 spiro atoms. The highest BCUT2D eigenvalue weighted by Crippen LogP contribution is 2.30. The molecule has 110 valence electrons. The molecule has 0 heterocycles. The second kappa shape index (κ2) is 6.64. The zero-order valence-electron chi connectivity index (χ0n) is 12.6. The van der Waals surface area contributed by atoms with E-state index in [9.17, 15) is 0 Å². The van der Waals surface area contributed by atoms with E-state index in [1.807, 2.05) is 13.8 Å². The highest BCUT2D eigenvalue weighted by atomic mass is 16.5. The number of hydrogen-bond donors (Lipinski definition) is 2. The van der Waals surface area contributed by atoms with E-state index in [0.29, 0.717) is 18.5 Å². The summed E-state index contributed by atoms with van der Waals surface area (Å²) in [5.41, 5.74) is 8.13. The summed E-state index contributed by atoms with van der Waals surface area (Å²) in [5, 5.41) is 3.09. The van der Waals surface area contributed by atoms with Crippen molar-refractivity contribution in [3.05, 3.63) is 29.3 Å². The minimum atomic E-state index is 0.294. The summed E-state index contributed by atoms with van der Waals surface area (Å²) >= 11 is 0. The van der Waals surface area contributed by atoms with Gasteiger partial charge in [0.15, 0.2) is 5.96 Å². The van der Waals surface area contributed by atoms with Crippen LogP contribution in [0.15, 0.2) is 23.2 Å². The number of hydrogen-bond acceptors (Lipinski definition) is 2. The largest absolute Gasteiger partial charge is 0.493 e. The molecule has 4 heteroatoms. The summed E-state index contributed by atoms with van der Waals surface area (Å²) in [6.07, 6.45) is 2.59. The maximum absolute atomic E-state index is 5.92. The number of rotatable bonds is 6. The zero-order chi connectivity index (χ0) is 14.5. The van der Waals surface area contributed by atoms with E-state index in [-0.39, 0.29) is 0 Å². The van der Waals surface area contributed by atoms with Crippen LogP contribution in [0.5, 0.6) is 5.75 Å². The first-order chi connectivity index (χ1) is 9.54. The lowest BCUT2D eigenvalue weighted by molar-refractivity contribution is 0.296. The summed E-state index contributed by atoms with van der Waals surface area (Å²) in [6, 6.07) is 6.53. The van der Waals surface area contributed by atoms with E-state index < -0.39 is 0 Å². The molecule has 1 aliphatic rings. The van der Waals surface area contributed by atoms with Crippen LogP contribution in [0, 0.1) is 12.8 Å². The molecule has 0 unspecified atom stereocenters. The normalized spacial score (nSPS) is 15.5. The van der Waals surface area contributed by atoms with Gasteiger partial charge in [0.05, 0.1) is 13.2 Å². The highest BCUT2D eigenvalue weighted by Gasteiger charge is 2.22. The van der Waals surface area contributed by atoms with Crippen LogP contribution in [0.3, 0.4) is 0 Å². The van der Waals surface area contributed by atoms with Crippen molar-refractivity contribution in [1.82, 2.24) is 5.32 Å². The first kappa shape index (κ1) is 14.7. The Morgan fingerprint density at radius 3 is 2.85 bits per heavy atom. The Morgan fingerprint density at radius 1 is 1.45 bits per heavy atom. The standard InChI is InChI=1S/C16H25N3O/c1-11(2)19-16(17)18-9-14-7-4-12(3)8-15(14)20-10-13-5-6-13/h4,7-8,11,13H,5-6,9-10H2,1-3H3,(H3,17,18,19). The van der Waals surface area contributed by atoms with Gasteiger partial charge in [-0.1, -0.05) is 12.1 Å². The summed E-state index contributed by atoms with van der Waals surface area (Å²) in [7, 11) is 0. The number of nitrogens with two attached hydrogens (primary N) is 1. The molecule has 0 bridgehead atoms. The second-order valence-corrected chi connectivity index (χ2v) is 5.87. The fourth-order valence-corrected chi connectivity index (χ4v) is 1.93. The van der Waals surface area contributed by atoms with Crippen molar-refractivity contribution in [3.8, 4) is 5.75 Å². The second-order valence-electron chi connectivity index (χ2n) is 5.87. The average molecular weight is 275 g/mol. The van der Waals surface area contributed by atoms with Crippen LogP contribution in [0.4, 0.5) is 0 Å². The SMILES string of the molecule is Cc1ccc(CN=C(N)NC(C)C)c(OCC2CC2)c1. The molecule has 0 radical (unpaired) electrons. The topological polar surface area (TPSA) is 59.6 Å². The van der Waals surface area contributed by atoms with Crippen LogP contribution in [-0.4, -0.2) is 18.6 Å². The number of ether oxygens (including phenoxy) is 1. The number of aliphatic imine (C=N–C) groups is 1. The fraction of sp³-hybridized carbons (Fsp3) is 0.562. The molecule has 20 heavy (non-hydrogen) atoms. The molecule has 0 aliphatic heterocycles. The summed E-state index contributed by atoms with van der Waals surface area (Å²) in [5.74, 6) is 2.17. The van der Waals surface area contributed by atoms with E-state index in [1.54, 1.807) is 0 Å². The Labute approximate surface area is 121 Å². The summed E-state index contributed by atoms with van der Waals surface area (Å²) in [6.45, 7) is 7.52. The third kappa shape index (κ3) is 4.76. The lowest BCUT2D eigenvalue weighted by Gasteiger charge is -2.12. The third-order valence-corrected chi connectivity index (χ3v) is 3.25. The zero-order valence-corrected chi connectivity index (χ0v) is 12.6. The van der Waals surface area contributed by atoms with E-state index in [0.717, 1.165) is 23.8 Å². The fourth-order valence-electron chi connectivity index (χ4n) is 1.93. The maximum Gasteiger partial charge on any atom is 0.189 e. The average Bonchev–Trinajstić information content (AvgIpc) is 3.18. The van der Waals surface area contributed by atoms with Crippen molar-refractivity contribution in [2.45, 2.75) is 46.2 Å². The maximum atomic E-state index is 5.92. The monoisotopic (exact) mass is 275 g/mol. The summed E-state index contributed by atoms with van der Waals surface area (Å²) in [4.78, 5) is 4.37. The van der Waals surface area contributed by atoms with Gasteiger partial charge in [-0.2, -0.15) is 0 Å². The van der Waals surface area contributed by atoms with Gasteiger partial charge in [-0.05, 0) is 51.2 Å². The molecule has 0 amide bonds. The molecular weight excluding hydrogens is 250 g/mol. The van der Waals surface area contributed by atoms with Crippen molar-refractivity contribution in [1.29, 1.82) is 0 Å².